The molecule has 7 heteroatoms. The van der Waals surface area contributed by atoms with Crippen LogP contribution in [0.5, 0.6) is 0 Å². The Kier molecular flexibility index (Phi) is 5.02. The topological polar surface area (TPSA) is 62.3 Å². The number of hydrogen-bond donors (Lipinski definition) is 1. The normalized spacial score (nSPS) is 16.9. The van der Waals surface area contributed by atoms with Crippen LogP contribution in [-0.4, -0.2) is 34.3 Å². The lowest BCUT2D eigenvalue weighted by molar-refractivity contribution is -0.119. The summed E-state index contributed by atoms with van der Waals surface area (Å²) in [5.41, 5.74) is 0.987. The van der Waals surface area contributed by atoms with Gasteiger partial charge in [0.05, 0.1) is 5.56 Å². The van der Waals surface area contributed by atoms with Gasteiger partial charge >= 0.3 is 0 Å². The molecule has 1 saturated heterocycles. The number of hydrogen-bond acceptors (Lipinski definition) is 3. The molecule has 1 aromatic heterocycles. The van der Waals surface area contributed by atoms with E-state index in [-0.39, 0.29) is 11.8 Å². The first-order chi connectivity index (χ1) is 11.5. The summed E-state index contributed by atoms with van der Waals surface area (Å²) in [5.74, 6) is -0.437. The first-order valence-electron chi connectivity index (χ1n) is 7.52. The summed E-state index contributed by atoms with van der Waals surface area (Å²) in [6.07, 6.45) is 4.51. The molecule has 0 radical (unpaired) electrons. The number of rotatable bonds is 3. The molecule has 2 aromatic rings. The zero-order valence-electron chi connectivity index (χ0n) is 12.7. The van der Waals surface area contributed by atoms with E-state index in [0.29, 0.717) is 34.3 Å². The van der Waals surface area contributed by atoms with Crippen LogP contribution in [0, 0.1) is 0 Å². The zero-order valence-corrected chi connectivity index (χ0v) is 14.2. The Balaban J connectivity index is 1.75. The molecule has 124 valence electrons. The van der Waals surface area contributed by atoms with Gasteiger partial charge in [-0.25, -0.2) is 0 Å². The number of aromatic nitrogens is 1. The number of halogens is 2. The lowest BCUT2D eigenvalue weighted by atomic mass is 10.1. The Morgan fingerprint density at radius 1 is 1.21 bits per heavy atom. The van der Waals surface area contributed by atoms with Crippen LogP contribution in [-0.2, 0) is 4.79 Å². The molecule has 1 aromatic carbocycles. The summed E-state index contributed by atoms with van der Waals surface area (Å²) >= 11 is 11.9. The standard InChI is InChI=1S/C17H15Cl2N3O2/c18-12-7-13(19)9-14(8-12)21-16(23)15-4-2-6-22(15)17(24)11-3-1-5-20-10-11/h1,3,5,7-10,15H,2,4,6H2,(H,21,23)/t15-/m1/s1. The van der Waals surface area contributed by atoms with Crippen molar-refractivity contribution in [2.24, 2.45) is 0 Å². The maximum atomic E-state index is 12.6. The molecule has 2 amide bonds. The van der Waals surface area contributed by atoms with Gasteiger partial charge in [0.15, 0.2) is 0 Å². The van der Waals surface area contributed by atoms with Crippen LogP contribution < -0.4 is 5.32 Å². The fourth-order valence-electron chi connectivity index (χ4n) is 2.79. The van der Waals surface area contributed by atoms with Crippen LogP contribution in [0.25, 0.3) is 0 Å². The highest BCUT2D eigenvalue weighted by atomic mass is 35.5. The Bertz CT molecular complexity index is 747. The number of benzene rings is 1. The molecule has 0 spiro atoms. The summed E-state index contributed by atoms with van der Waals surface area (Å²) in [6.45, 7) is 0.544. The highest BCUT2D eigenvalue weighted by Crippen LogP contribution is 2.25. The SMILES string of the molecule is O=C(Nc1cc(Cl)cc(Cl)c1)[C@H]1CCCN1C(=O)c1cccnc1. The maximum Gasteiger partial charge on any atom is 0.256 e. The largest absolute Gasteiger partial charge is 0.327 e. The number of carbonyl (C=O) groups excluding carboxylic acids is 2. The summed E-state index contributed by atoms with van der Waals surface area (Å²) in [5, 5.41) is 3.66. The van der Waals surface area contributed by atoms with Crippen LogP contribution in [0.4, 0.5) is 5.69 Å². The van der Waals surface area contributed by atoms with Crippen molar-refractivity contribution in [3.63, 3.8) is 0 Å². The third kappa shape index (κ3) is 3.68. The molecule has 24 heavy (non-hydrogen) atoms. The Hall–Kier alpha value is -2.11. The number of anilines is 1. The van der Waals surface area contributed by atoms with E-state index in [1.807, 2.05) is 0 Å². The summed E-state index contributed by atoms with van der Waals surface area (Å²) < 4.78 is 0. The first-order valence-corrected chi connectivity index (χ1v) is 8.28. The van der Waals surface area contributed by atoms with E-state index in [1.165, 1.54) is 6.20 Å². The molecule has 2 heterocycles. The van der Waals surface area contributed by atoms with Crippen molar-refractivity contribution >= 4 is 40.7 Å². The second kappa shape index (κ2) is 7.20. The molecule has 1 N–H and O–H groups in total. The molecule has 3 rings (SSSR count). The quantitative estimate of drug-likeness (QED) is 0.905. The van der Waals surface area contributed by atoms with Crippen molar-refractivity contribution in [1.82, 2.24) is 9.88 Å². The molecule has 0 saturated carbocycles. The van der Waals surface area contributed by atoms with Gasteiger partial charge in [-0.2, -0.15) is 0 Å². The number of pyridine rings is 1. The number of carbonyl (C=O) groups is 2. The smallest absolute Gasteiger partial charge is 0.256 e. The van der Waals surface area contributed by atoms with Gasteiger partial charge in [-0.1, -0.05) is 23.2 Å². The van der Waals surface area contributed by atoms with E-state index in [0.717, 1.165) is 6.42 Å². The van der Waals surface area contributed by atoms with Crippen LogP contribution in [0.2, 0.25) is 10.0 Å². The number of amides is 2. The number of likely N-dealkylation sites (tertiary alicyclic amines) is 1. The van der Waals surface area contributed by atoms with Crippen molar-refractivity contribution in [3.8, 4) is 0 Å². The van der Waals surface area contributed by atoms with Crippen molar-refractivity contribution in [3.05, 3.63) is 58.3 Å². The Morgan fingerprint density at radius 3 is 2.62 bits per heavy atom. The van der Waals surface area contributed by atoms with Crippen molar-refractivity contribution in [2.45, 2.75) is 18.9 Å². The van der Waals surface area contributed by atoms with Gasteiger partial charge in [-0.3, -0.25) is 14.6 Å². The molecule has 5 nitrogen and oxygen atoms in total. The van der Waals surface area contributed by atoms with Gasteiger partial charge in [-0.05, 0) is 43.2 Å². The fourth-order valence-corrected chi connectivity index (χ4v) is 3.32. The van der Waals surface area contributed by atoms with E-state index >= 15 is 0 Å². The molecular formula is C17H15Cl2N3O2. The van der Waals surface area contributed by atoms with E-state index in [9.17, 15) is 9.59 Å². The second-order valence-electron chi connectivity index (χ2n) is 5.55. The third-order valence-electron chi connectivity index (χ3n) is 3.85. The minimum absolute atomic E-state index is 0.190. The Morgan fingerprint density at radius 2 is 1.96 bits per heavy atom. The number of nitrogens with one attached hydrogen (secondary N) is 1. The van der Waals surface area contributed by atoms with Gasteiger partial charge in [0.1, 0.15) is 6.04 Å². The van der Waals surface area contributed by atoms with Crippen molar-refractivity contribution < 1.29 is 9.59 Å². The predicted octanol–water partition coefficient (Wildman–Crippen LogP) is 3.63. The van der Waals surface area contributed by atoms with Gasteiger partial charge < -0.3 is 10.2 Å². The van der Waals surface area contributed by atoms with E-state index in [2.05, 4.69) is 10.3 Å². The highest BCUT2D eigenvalue weighted by molar-refractivity contribution is 6.35. The third-order valence-corrected chi connectivity index (χ3v) is 4.29. The average molecular weight is 364 g/mol. The van der Waals surface area contributed by atoms with Crippen LogP contribution in [0.3, 0.4) is 0 Å². The molecule has 1 aliphatic heterocycles. The molecule has 1 fully saturated rings. The van der Waals surface area contributed by atoms with Crippen LogP contribution in [0.1, 0.15) is 23.2 Å². The Labute approximate surface area is 149 Å². The molecule has 0 bridgehead atoms. The minimum Gasteiger partial charge on any atom is -0.327 e. The zero-order chi connectivity index (χ0) is 17.1. The first kappa shape index (κ1) is 16.7. The maximum absolute atomic E-state index is 12.6. The molecule has 1 aliphatic rings. The van der Waals surface area contributed by atoms with E-state index in [4.69, 9.17) is 23.2 Å². The molecular weight excluding hydrogens is 349 g/mol. The van der Waals surface area contributed by atoms with E-state index < -0.39 is 6.04 Å². The van der Waals surface area contributed by atoms with Gasteiger partial charge in [-0.15, -0.1) is 0 Å². The summed E-state index contributed by atoms with van der Waals surface area (Å²) in [4.78, 5) is 30.7. The molecule has 0 aliphatic carbocycles. The van der Waals surface area contributed by atoms with E-state index in [1.54, 1.807) is 41.4 Å². The second-order valence-corrected chi connectivity index (χ2v) is 6.42. The fraction of sp³-hybridized carbons (Fsp3) is 0.235. The van der Waals surface area contributed by atoms with Crippen molar-refractivity contribution in [2.75, 3.05) is 11.9 Å². The minimum atomic E-state index is -0.518. The lowest BCUT2D eigenvalue weighted by Crippen LogP contribution is -2.43. The van der Waals surface area contributed by atoms with Gasteiger partial charge in [0.25, 0.3) is 5.91 Å². The monoisotopic (exact) mass is 363 g/mol. The van der Waals surface area contributed by atoms with Gasteiger partial charge in [0.2, 0.25) is 5.91 Å². The van der Waals surface area contributed by atoms with Crippen LogP contribution in [0.15, 0.2) is 42.7 Å². The highest BCUT2D eigenvalue weighted by Gasteiger charge is 2.34. The molecule has 1 atom stereocenters. The average Bonchev–Trinajstić information content (AvgIpc) is 3.03. The summed E-state index contributed by atoms with van der Waals surface area (Å²) in [6, 6.07) is 7.70. The predicted molar refractivity (Wildman–Crippen MR) is 93.4 cm³/mol. The van der Waals surface area contributed by atoms with Crippen molar-refractivity contribution in [1.29, 1.82) is 0 Å². The van der Waals surface area contributed by atoms with Gasteiger partial charge in [0, 0.05) is 34.7 Å². The number of nitrogens with zero attached hydrogens (tertiary/aromatic N) is 2. The van der Waals surface area contributed by atoms with Crippen LogP contribution >= 0.6 is 23.2 Å². The molecule has 0 unspecified atom stereocenters. The lowest BCUT2D eigenvalue weighted by Gasteiger charge is -2.24. The summed E-state index contributed by atoms with van der Waals surface area (Å²) in [7, 11) is 0.